The molecule has 0 radical (unpaired) electrons. The number of urea groups is 1. The molecule has 2 aromatic rings. The molecule has 0 aliphatic carbocycles. The number of amides is 2. The Hall–Kier alpha value is -3.42. The highest BCUT2D eigenvalue weighted by molar-refractivity contribution is 5.98. The molecule has 0 aliphatic rings. The van der Waals surface area contributed by atoms with Gasteiger partial charge in [0.25, 0.3) is 0 Å². The van der Waals surface area contributed by atoms with Gasteiger partial charge in [-0.3, -0.25) is 4.90 Å². The SMILES string of the molecule is COc1ccc(N(C(N)=O)c2ccc(OC(C)(C)C(=O)O)cc2)cc1OC. The molecule has 2 aromatic carbocycles. The van der Waals surface area contributed by atoms with E-state index in [-0.39, 0.29) is 0 Å². The number of benzene rings is 2. The summed E-state index contributed by atoms with van der Waals surface area (Å²) in [6.45, 7) is 2.89. The Labute approximate surface area is 157 Å². The van der Waals surface area contributed by atoms with Crippen molar-refractivity contribution < 1.29 is 28.9 Å². The van der Waals surface area contributed by atoms with Crippen molar-refractivity contribution in [1.82, 2.24) is 0 Å². The molecule has 0 spiro atoms. The standard InChI is InChI=1S/C19H22N2O6/c1-19(2,17(22)23)27-14-8-5-12(6-9-14)21(18(20)24)13-7-10-15(25-3)16(11-13)26-4/h5-11H,1-4H3,(H2,20,24)(H,22,23). The third-order valence-electron chi connectivity index (χ3n) is 3.83. The maximum atomic E-state index is 12.0. The Balaban J connectivity index is 2.35. The highest BCUT2D eigenvalue weighted by atomic mass is 16.5. The van der Waals surface area contributed by atoms with Gasteiger partial charge in [0.1, 0.15) is 5.75 Å². The van der Waals surface area contributed by atoms with E-state index in [4.69, 9.17) is 25.1 Å². The molecule has 0 saturated heterocycles. The molecule has 0 aromatic heterocycles. The van der Waals surface area contributed by atoms with Gasteiger partial charge in [0.2, 0.25) is 0 Å². The van der Waals surface area contributed by atoms with Gasteiger partial charge in [-0.15, -0.1) is 0 Å². The molecule has 144 valence electrons. The van der Waals surface area contributed by atoms with Gasteiger partial charge in [-0.1, -0.05) is 0 Å². The molecule has 0 bridgehead atoms. The number of aliphatic carboxylic acids is 1. The van der Waals surface area contributed by atoms with Crippen molar-refractivity contribution in [2.24, 2.45) is 5.73 Å². The van der Waals surface area contributed by atoms with Crippen LogP contribution in [0.2, 0.25) is 0 Å². The summed E-state index contributed by atoms with van der Waals surface area (Å²) in [5, 5.41) is 9.14. The van der Waals surface area contributed by atoms with Gasteiger partial charge < -0.3 is 25.1 Å². The Morgan fingerprint density at radius 3 is 2.00 bits per heavy atom. The number of carbonyl (C=O) groups excluding carboxylic acids is 1. The minimum absolute atomic E-state index is 0.350. The van der Waals surface area contributed by atoms with E-state index in [1.807, 2.05) is 0 Å². The first-order valence-electron chi connectivity index (χ1n) is 8.03. The zero-order valence-corrected chi connectivity index (χ0v) is 15.6. The van der Waals surface area contributed by atoms with Crippen LogP contribution < -0.4 is 24.8 Å². The van der Waals surface area contributed by atoms with E-state index in [0.29, 0.717) is 28.6 Å². The molecule has 8 nitrogen and oxygen atoms in total. The van der Waals surface area contributed by atoms with Crippen molar-refractivity contribution in [2.45, 2.75) is 19.4 Å². The van der Waals surface area contributed by atoms with E-state index in [1.54, 1.807) is 42.5 Å². The van der Waals surface area contributed by atoms with Crippen molar-refractivity contribution in [3.63, 3.8) is 0 Å². The monoisotopic (exact) mass is 374 g/mol. The maximum Gasteiger partial charge on any atom is 0.347 e. The lowest BCUT2D eigenvalue weighted by atomic mass is 10.1. The first-order valence-corrected chi connectivity index (χ1v) is 8.03. The Morgan fingerprint density at radius 1 is 0.963 bits per heavy atom. The average Bonchev–Trinajstić information content (AvgIpc) is 2.62. The van der Waals surface area contributed by atoms with Crippen LogP contribution in [0.1, 0.15) is 13.8 Å². The maximum absolute atomic E-state index is 12.0. The second kappa shape index (κ2) is 7.86. The summed E-state index contributed by atoms with van der Waals surface area (Å²) < 4.78 is 15.9. The minimum Gasteiger partial charge on any atom is -0.493 e. The molecule has 0 heterocycles. The van der Waals surface area contributed by atoms with Gasteiger partial charge in [0.05, 0.1) is 25.6 Å². The molecule has 27 heavy (non-hydrogen) atoms. The van der Waals surface area contributed by atoms with Crippen LogP contribution in [0.4, 0.5) is 16.2 Å². The molecule has 0 unspecified atom stereocenters. The van der Waals surface area contributed by atoms with Gasteiger partial charge in [-0.25, -0.2) is 9.59 Å². The van der Waals surface area contributed by atoms with E-state index >= 15 is 0 Å². The number of rotatable bonds is 7. The largest absolute Gasteiger partial charge is 0.493 e. The lowest BCUT2D eigenvalue weighted by molar-refractivity contribution is -0.152. The van der Waals surface area contributed by atoms with Gasteiger partial charge in [0, 0.05) is 6.07 Å². The van der Waals surface area contributed by atoms with E-state index in [0.717, 1.165) is 0 Å². The van der Waals surface area contributed by atoms with Crippen LogP contribution in [-0.4, -0.2) is 36.9 Å². The van der Waals surface area contributed by atoms with Crippen LogP contribution in [0.5, 0.6) is 17.2 Å². The second-order valence-electron chi connectivity index (χ2n) is 6.12. The third-order valence-corrected chi connectivity index (χ3v) is 3.83. The summed E-state index contributed by atoms with van der Waals surface area (Å²) in [6.07, 6.45) is 0. The smallest absolute Gasteiger partial charge is 0.347 e. The van der Waals surface area contributed by atoms with Crippen LogP contribution >= 0.6 is 0 Å². The number of methoxy groups -OCH3 is 2. The fourth-order valence-corrected chi connectivity index (χ4v) is 2.37. The molecular formula is C19H22N2O6. The minimum atomic E-state index is -1.38. The van der Waals surface area contributed by atoms with Crippen molar-refractivity contribution >= 4 is 23.4 Å². The number of hydrogen-bond acceptors (Lipinski definition) is 5. The van der Waals surface area contributed by atoms with Crippen LogP contribution in [0.15, 0.2) is 42.5 Å². The number of hydrogen-bond donors (Lipinski definition) is 2. The highest BCUT2D eigenvalue weighted by Crippen LogP contribution is 2.35. The number of primary amides is 1. The predicted molar refractivity (Wildman–Crippen MR) is 100 cm³/mol. The second-order valence-corrected chi connectivity index (χ2v) is 6.12. The van der Waals surface area contributed by atoms with Crippen molar-refractivity contribution in [3.8, 4) is 17.2 Å². The van der Waals surface area contributed by atoms with Gasteiger partial charge in [-0.05, 0) is 50.2 Å². The number of carboxylic acid groups (broad SMARTS) is 1. The van der Waals surface area contributed by atoms with Crippen molar-refractivity contribution in [1.29, 1.82) is 0 Å². The topological polar surface area (TPSA) is 111 Å². The number of anilines is 2. The summed E-state index contributed by atoms with van der Waals surface area (Å²) in [7, 11) is 3.01. The number of carboxylic acids is 1. The molecule has 0 saturated carbocycles. The van der Waals surface area contributed by atoms with Crippen molar-refractivity contribution in [2.75, 3.05) is 19.1 Å². The molecular weight excluding hydrogens is 352 g/mol. The van der Waals surface area contributed by atoms with E-state index in [9.17, 15) is 9.59 Å². The van der Waals surface area contributed by atoms with Crippen LogP contribution in [0.3, 0.4) is 0 Å². The Bertz CT molecular complexity index is 833. The van der Waals surface area contributed by atoms with Crippen LogP contribution in [0.25, 0.3) is 0 Å². The summed E-state index contributed by atoms with van der Waals surface area (Å²) >= 11 is 0. The van der Waals surface area contributed by atoms with Crippen LogP contribution in [-0.2, 0) is 4.79 Å². The summed E-state index contributed by atoms with van der Waals surface area (Å²) in [4.78, 5) is 24.5. The molecule has 2 rings (SSSR count). The fraction of sp³-hybridized carbons (Fsp3) is 0.263. The average molecular weight is 374 g/mol. The quantitative estimate of drug-likeness (QED) is 0.770. The Kier molecular flexibility index (Phi) is 5.79. The summed E-state index contributed by atoms with van der Waals surface area (Å²) in [6, 6.07) is 10.6. The van der Waals surface area contributed by atoms with Gasteiger partial charge in [0.15, 0.2) is 17.1 Å². The lowest BCUT2D eigenvalue weighted by Crippen LogP contribution is -2.37. The van der Waals surface area contributed by atoms with E-state index < -0.39 is 17.6 Å². The molecule has 0 fully saturated rings. The lowest BCUT2D eigenvalue weighted by Gasteiger charge is -2.24. The molecule has 8 heteroatoms. The van der Waals surface area contributed by atoms with Gasteiger partial charge >= 0.3 is 12.0 Å². The van der Waals surface area contributed by atoms with Crippen LogP contribution in [0, 0.1) is 0 Å². The predicted octanol–water partition coefficient (Wildman–Crippen LogP) is 3.16. The highest BCUT2D eigenvalue weighted by Gasteiger charge is 2.29. The number of carbonyl (C=O) groups is 2. The molecule has 0 aliphatic heterocycles. The summed E-state index contributed by atoms with van der Waals surface area (Å²) in [5.74, 6) is 0.230. The fourth-order valence-electron chi connectivity index (χ4n) is 2.37. The molecule has 2 amide bonds. The zero-order valence-electron chi connectivity index (χ0n) is 15.6. The van der Waals surface area contributed by atoms with Gasteiger partial charge in [-0.2, -0.15) is 0 Å². The van der Waals surface area contributed by atoms with E-state index in [1.165, 1.54) is 33.0 Å². The third kappa shape index (κ3) is 4.41. The number of nitrogens with two attached hydrogens (primary N) is 1. The molecule has 0 atom stereocenters. The summed E-state index contributed by atoms with van der Waals surface area (Å²) in [5.41, 5.74) is 5.14. The normalized spacial score (nSPS) is 10.8. The first kappa shape index (κ1) is 19.9. The number of ether oxygens (including phenoxy) is 3. The van der Waals surface area contributed by atoms with Crippen molar-refractivity contribution in [3.05, 3.63) is 42.5 Å². The van der Waals surface area contributed by atoms with E-state index in [2.05, 4.69) is 0 Å². The zero-order chi connectivity index (χ0) is 20.2. The molecule has 3 N–H and O–H groups in total. The Morgan fingerprint density at radius 2 is 1.52 bits per heavy atom. The first-order chi connectivity index (χ1) is 12.7. The number of nitrogens with zero attached hydrogens (tertiary/aromatic N) is 1.